The molecule has 1 amide bonds. The predicted octanol–water partition coefficient (Wildman–Crippen LogP) is 4.12. The molecule has 4 rings (SSSR count). The lowest BCUT2D eigenvalue weighted by Crippen LogP contribution is -2.19. The van der Waals surface area contributed by atoms with Gasteiger partial charge in [-0.25, -0.2) is 13.8 Å². The van der Waals surface area contributed by atoms with Crippen LogP contribution in [-0.2, 0) is 10.0 Å². The molecule has 3 N–H and O–H groups in total. The first-order chi connectivity index (χ1) is 16.4. The molecule has 0 atom stereocenters. The highest BCUT2D eigenvalue weighted by Crippen LogP contribution is 2.27. The molecule has 0 fully saturated rings. The number of sulfonamides is 1. The van der Waals surface area contributed by atoms with E-state index in [-0.39, 0.29) is 21.9 Å². The minimum Gasteiger partial charge on any atom is -0.507 e. The maximum atomic E-state index is 12.8. The van der Waals surface area contributed by atoms with Gasteiger partial charge in [0.25, 0.3) is 15.9 Å². The van der Waals surface area contributed by atoms with Crippen LogP contribution < -0.4 is 14.9 Å². The number of phenols is 1. The highest BCUT2D eigenvalue weighted by molar-refractivity contribution is 7.92. The van der Waals surface area contributed by atoms with E-state index in [0.29, 0.717) is 11.3 Å². The highest BCUT2D eigenvalue weighted by atomic mass is 32.2. The zero-order valence-corrected chi connectivity index (χ0v) is 18.9. The fraction of sp³-hybridized carbons (Fsp3) is 0.0400. The number of fused-ring (bicyclic) bond motifs is 1. The third kappa shape index (κ3) is 4.84. The molecule has 0 aromatic heterocycles. The van der Waals surface area contributed by atoms with Gasteiger partial charge in [-0.1, -0.05) is 48.5 Å². The second kappa shape index (κ2) is 9.63. The number of ether oxygens (including phenoxy) is 1. The number of aromatic hydroxyl groups is 1. The molecule has 0 aliphatic carbocycles. The molecule has 8 nitrogen and oxygen atoms in total. The van der Waals surface area contributed by atoms with Crippen LogP contribution in [0.25, 0.3) is 10.8 Å². The Morgan fingerprint density at radius 2 is 1.74 bits per heavy atom. The molecule has 172 valence electrons. The lowest BCUT2D eigenvalue weighted by Gasteiger charge is -2.12. The van der Waals surface area contributed by atoms with Crippen LogP contribution in [0.15, 0.2) is 94.9 Å². The Morgan fingerprint density at radius 1 is 0.971 bits per heavy atom. The number of nitrogens with one attached hydrogen (secondary N) is 2. The van der Waals surface area contributed by atoms with Crippen LogP contribution in [-0.4, -0.2) is 32.8 Å². The average Bonchev–Trinajstić information content (AvgIpc) is 2.85. The number of nitrogens with zero attached hydrogens (tertiary/aromatic N) is 1. The Hall–Kier alpha value is -4.37. The summed E-state index contributed by atoms with van der Waals surface area (Å²) in [5.74, 6) is -0.219. The summed E-state index contributed by atoms with van der Waals surface area (Å²) in [5.41, 5.74) is 3.20. The van der Waals surface area contributed by atoms with E-state index >= 15 is 0 Å². The number of carbonyl (C=O) groups excluding carboxylic acids is 1. The maximum absolute atomic E-state index is 12.8. The first-order valence-electron chi connectivity index (χ1n) is 10.2. The summed E-state index contributed by atoms with van der Waals surface area (Å²) in [5, 5.41) is 15.8. The van der Waals surface area contributed by atoms with E-state index < -0.39 is 15.9 Å². The molecule has 34 heavy (non-hydrogen) atoms. The van der Waals surface area contributed by atoms with Crippen molar-refractivity contribution in [2.45, 2.75) is 4.90 Å². The largest absolute Gasteiger partial charge is 0.507 e. The molecule has 0 saturated carbocycles. The number of para-hydroxylation sites is 2. The Kier molecular flexibility index (Phi) is 6.46. The Bertz CT molecular complexity index is 1500. The summed E-state index contributed by atoms with van der Waals surface area (Å²) in [6.45, 7) is 0. The second-order valence-electron chi connectivity index (χ2n) is 7.25. The van der Waals surface area contributed by atoms with Gasteiger partial charge in [0.1, 0.15) is 11.5 Å². The number of hydrazone groups is 1. The number of hydrogen-bond donors (Lipinski definition) is 3. The van der Waals surface area contributed by atoms with E-state index in [2.05, 4.69) is 15.2 Å². The van der Waals surface area contributed by atoms with Crippen molar-refractivity contribution >= 4 is 38.6 Å². The number of amides is 1. The average molecular weight is 476 g/mol. The van der Waals surface area contributed by atoms with Crippen LogP contribution >= 0.6 is 0 Å². The third-order valence-corrected chi connectivity index (χ3v) is 6.43. The smallest absolute Gasteiger partial charge is 0.271 e. The second-order valence-corrected chi connectivity index (χ2v) is 8.93. The molecule has 0 spiro atoms. The van der Waals surface area contributed by atoms with Gasteiger partial charge in [0.05, 0.1) is 23.9 Å². The quantitative estimate of drug-likeness (QED) is 0.275. The Labute approximate surface area is 196 Å². The van der Waals surface area contributed by atoms with Crippen molar-refractivity contribution < 1.29 is 23.1 Å². The van der Waals surface area contributed by atoms with Crippen LogP contribution in [0.1, 0.15) is 15.9 Å². The number of phenolic OH excluding ortho intramolecular Hbond substituents is 1. The SMILES string of the molecule is COc1ccccc1NS(=O)(=O)c1cccc(C(=O)N/N=C/c2c(O)ccc3ccccc23)c1. The summed E-state index contributed by atoms with van der Waals surface area (Å²) in [6.07, 6.45) is 1.35. The summed E-state index contributed by atoms with van der Waals surface area (Å²) >= 11 is 0. The summed E-state index contributed by atoms with van der Waals surface area (Å²) in [6, 6.07) is 23.0. The van der Waals surface area contributed by atoms with E-state index in [0.717, 1.165) is 10.8 Å². The number of rotatable bonds is 7. The molecule has 0 radical (unpaired) electrons. The zero-order chi connectivity index (χ0) is 24.1. The van der Waals surface area contributed by atoms with Gasteiger partial charge >= 0.3 is 0 Å². The summed E-state index contributed by atoms with van der Waals surface area (Å²) < 4.78 is 33.3. The van der Waals surface area contributed by atoms with Crippen molar-refractivity contribution in [1.82, 2.24) is 5.43 Å². The van der Waals surface area contributed by atoms with Crippen LogP contribution in [0.3, 0.4) is 0 Å². The monoisotopic (exact) mass is 475 g/mol. The van der Waals surface area contributed by atoms with Gasteiger partial charge in [-0.15, -0.1) is 0 Å². The van der Waals surface area contributed by atoms with Gasteiger partial charge in [-0.2, -0.15) is 5.10 Å². The fourth-order valence-electron chi connectivity index (χ4n) is 3.38. The normalized spacial score (nSPS) is 11.4. The van der Waals surface area contributed by atoms with Crippen LogP contribution in [0, 0.1) is 0 Å². The number of methoxy groups -OCH3 is 1. The summed E-state index contributed by atoms with van der Waals surface area (Å²) in [7, 11) is -2.54. The Morgan fingerprint density at radius 3 is 2.56 bits per heavy atom. The van der Waals surface area contributed by atoms with E-state index in [1.807, 2.05) is 24.3 Å². The topological polar surface area (TPSA) is 117 Å². The molecular formula is C25H21N3O5S. The van der Waals surface area contributed by atoms with Crippen molar-refractivity contribution in [1.29, 1.82) is 0 Å². The van der Waals surface area contributed by atoms with Crippen molar-refractivity contribution in [2.24, 2.45) is 5.10 Å². The third-order valence-electron chi connectivity index (χ3n) is 5.07. The molecule has 4 aromatic carbocycles. The predicted molar refractivity (Wildman–Crippen MR) is 131 cm³/mol. The molecule has 0 bridgehead atoms. The molecule has 0 aliphatic rings. The molecule has 0 unspecified atom stereocenters. The minimum absolute atomic E-state index is 0.0206. The lowest BCUT2D eigenvalue weighted by molar-refractivity contribution is 0.0955. The number of anilines is 1. The summed E-state index contributed by atoms with van der Waals surface area (Å²) in [4.78, 5) is 12.5. The lowest BCUT2D eigenvalue weighted by atomic mass is 10.0. The molecule has 0 aliphatic heterocycles. The number of benzene rings is 4. The fourth-order valence-corrected chi connectivity index (χ4v) is 4.49. The van der Waals surface area contributed by atoms with Crippen LogP contribution in [0.2, 0.25) is 0 Å². The van der Waals surface area contributed by atoms with Crippen molar-refractivity contribution in [3.8, 4) is 11.5 Å². The first-order valence-corrected chi connectivity index (χ1v) is 11.7. The van der Waals surface area contributed by atoms with Gasteiger partial charge in [0.15, 0.2) is 0 Å². The van der Waals surface area contributed by atoms with Crippen LogP contribution in [0.4, 0.5) is 5.69 Å². The van der Waals surface area contributed by atoms with E-state index in [1.165, 1.54) is 37.6 Å². The van der Waals surface area contributed by atoms with Crippen LogP contribution in [0.5, 0.6) is 11.5 Å². The van der Waals surface area contributed by atoms with Crippen molar-refractivity contribution in [3.63, 3.8) is 0 Å². The molecule has 0 heterocycles. The van der Waals surface area contributed by atoms with Crippen molar-refractivity contribution in [2.75, 3.05) is 11.8 Å². The van der Waals surface area contributed by atoms with E-state index in [9.17, 15) is 18.3 Å². The first kappa shape index (κ1) is 22.8. The molecule has 4 aromatic rings. The van der Waals surface area contributed by atoms with Gasteiger partial charge in [0.2, 0.25) is 0 Å². The molecule has 0 saturated heterocycles. The highest BCUT2D eigenvalue weighted by Gasteiger charge is 2.18. The standard InChI is InChI=1S/C25H21N3O5S/c1-33-24-12-5-4-11-22(24)28-34(31,32)19-9-6-8-18(15-19)25(30)27-26-16-21-20-10-3-2-7-17(20)13-14-23(21)29/h2-16,28-29H,1H3,(H,27,30)/b26-16+. The zero-order valence-electron chi connectivity index (χ0n) is 18.1. The van der Waals surface area contributed by atoms with E-state index in [1.54, 1.807) is 36.4 Å². The van der Waals surface area contributed by atoms with Crippen molar-refractivity contribution in [3.05, 3.63) is 96.1 Å². The molecule has 9 heteroatoms. The van der Waals surface area contributed by atoms with E-state index in [4.69, 9.17) is 4.74 Å². The maximum Gasteiger partial charge on any atom is 0.271 e. The van der Waals surface area contributed by atoms with Gasteiger partial charge in [-0.3, -0.25) is 9.52 Å². The Balaban J connectivity index is 1.53. The number of carbonyl (C=O) groups is 1. The van der Waals surface area contributed by atoms with Gasteiger partial charge in [-0.05, 0) is 47.2 Å². The van der Waals surface area contributed by atoms with Gasteiger partial charge in [0, 0.05) is 11.1 Å². The number of hydrogen-bond acceptors (Lipinski definition) is 6. The van der Waals surface area contributed by atoms with Gasteiger partial charge < -0.3 is 9.84 Å². The minimum atomic E-state index is -3.98. The molecular weight excluding hydrogens is 454 g/mol.